The first-order chi connectivity index (χ1) is 7.14. The van der Waals surface area contributed by atoms with Crippen LogP contribution in [0.25, 0.3) is 0 Å². The van der Waals surface area contributed by atoms with Crippen LogP contribution in [0.1, 0.15) is 19.8 Å². The second kappa shape index (κ2) is 8.25. The molecule has 98 valence electrons. The minimum atomic E-state index is -3.17. The quantitative estimate of drug-likeness (QED) is 0.674. The lowest BCUT2D eigenvalue weighted by Gasteiger charge is -2.23. The number of hydrogen-bond acceptors (Lipinski definition) is 4. The maximum atomic E-state index is 11.6. The first kappa shape index (κ1) is 16.1. The first-order valence-electron chi connectivity index (χ1n) is 5.42. The Morgan fingerprint density at radius 2 is 2.25 bits per heavy atom. The van der Waals surface area contributed by atoms with Gasteiger partial charge in [0.2, 0.25) is 10.0 Å². The summed E-state index contributed by atoms with van der Waals surface area (Å²) >= 11 is 0. The van der Waals surface area contributed by atoms with E-state index in [1.165, 1.54) is 0 Å². The summed E-state index contributed by atoms with van der Waals surface area (Å²) in [4.78, 5) is 0. The molecule has 1 saturated heterocycles. The van der Waals surface area contributed by atoms with Crippen molar-refractivity contribution in [3.63, 3.8) is 0 Å². The second-order valence-electron chi connectivity index (χ2n) is 3.68. The molecule has 7 heteroatoms. The fourth-order valence-electron chi connectivity index (χ4n) is 1.58. The smallest absolute Gasteiger partial charge is 0.214 e. The lowest BCUT2D eigenvalue weighted by Crippen LogP contribution is -2.46. The monoisotopic (exact) mass is 272 g/mol. The Labute approximate surface area is 104 Å². The highest BCUT2D eigenvalue weighted by Crippen LogP contribution is 2.03. The van der Waals surface area contributed by atoms with Crippen molar-refractivity contribution in [1.82, 2.24) is 10.0 Å². The maximum absolute atomic E-state index is 11.6. The van der Waals surface area contributed by atoms with Gasteiger partial charge in [0.15, 0.2) is 0 Å². The SMILES string of the molecule is CCOCCS(=O)(=O)N[C@@H]1CCCNC1.Cl. The minimum Gasteiger partial charge on any atom is -0.381 e. The van der Waals surface area contributed by atoms with Gasteiger partial charge >= 0.3 is 0 Å². The second-order valence-corrected chi connectivity index (χ2v) is 5.55. The van der Waals surface area contributed by atoms with Gasteiger partial charge < -0.3 is 10.1 Å². The van der Waals surface area contributed by atoms with Crippen molar-refractivity contribution in [2.45, 2.75) is 25.8 Å². The zero-order valence-electron chi connectivity index (χ0n) is 9.57. The van der Waals surface area contributed by atoms with Crippen LogP contribution in [0.2, 0.25) is 0 Å². The van der Waals surface area contributed by atoms with Crippen molar-refractivity contribution in [1.29, 1.82) is 0 Å². The van der Waals surface area contributed by atoms with E-state index in [2.05, 4.69) is 10.0 Å². The molecule has 2 N–H and O–H groups in total. The molecular formula is C9H21ClN2O3S. The topological polar surface area (TPSA) is 67.4 Å². The number of rotatable bonds is 6. The van der Waals surface area contributed by atoms with E-state index in [4.69, 9.17) is 4.74 Å². The van der Waals surface area contributed by atoms with Crippen LogP contribution in [-0.4, -0.2) is 46.5 Å². The van der Waals surface area contributed by atoms with E-state index in [9.17, 15) is 8.42 Å². The van der Waals surface area contributed by atoms with Crippen LogP contribution >= 0.6 is 12.4 Å². The molecule has 0 bridgehead atoms. The highest BCUT2D eigenvalue weighted by atomic mass is 35.5. The lowest BCUT2D eigenvalue weighted by molar-refractivity contribution is 0.163. The Morgan fingerprint density at radius 1 is 1.50 bits per heavy atom. The summed E-state index contributed by atoms with van der Waals surface area (Å²) in [5.41, 5.74) is 0. The van der Waals surface area contributed by atoms with Crippen molar-refractivity contribution in [2.75, 3.05) is 32.1 Å². The van der Waals surface area contributed by atoms with Crippen LogP contribution in [0.3, 0.4) is 0 Å². The van der Waals surface area contributed by atoms with E-state index in [0.717, 1.165) is 25.9 Å². The summed E-state index contributed by atoms with van der Waals surface area (Å²) in [6.07, 6.45) is 1.94. The highest BCUT2D eigenvalue weighted by molar-refractivity contribution is 7.89. The van der Waals surface area contributed by atoms with Gasteiger partial charge in [0.1, 0.15) is 0 Å². The van der Waals surface area contributed by atoms with Gasteiger partial charge in [0.05, 0.1) is 12.4 Å². The number of hydrogen-bond donors (Lipinski definition) is 2. The minimum absolute atomic E-state index is 0. The normalized spacial score (nSPS) is 21.4. The molecule has 1 heterocycles. The fourth-order valence-corrected chi connectivity index (χ4v) is 2.74. The average Bonchev–Trinajstić information content (AvgIpc) is 2.18. The van der Waals surface area contributed by atoms with Crippen molar-refractivity contribution >= 4 is 22.4 Å². The summed E-state index contributed by atoms with van der Waals surface area (Å²) in [5, 5.41) is 3.17. The predicted octanol–water partition coefficient (Wildman–Crippen LogP) is 0.116. The Hall–Kier alpha value is 0.120. The van der Waals surface area contributed by atoms with E-state index >= 15 is 0 Å². The van der Waals surface area contributed by atoms with Gasteiger partial charge in [-0.3, -0.25) is 0 Å². The molecule has 16 heavy (non-hydrogen) atoms. The molecular weight excluding hydrogens is 252 g/mol. The summed E-state index contributed by atoms with van der Waals surface area (Å²) in [5.74, 6) is 0.0529. The highest BCUT2D eigenvalue weighted by Gasteiger charge is 2.19. The molecule has 5 nitrogen and oxygen atoms in total. The van der Waals surface area contributed by atoms with E-state index in [0.29, 0.717) is 6.61 Å². The maximum Gasteiger partial charge on any atom is 0.214 e. The van der Waals surface area contributed by atoms with Crippen LogP contribution in [0.15, 0.2) is 0 Å². The number of ether oxygens (including phenoxy) is 1. The molecule has 0 aliphatic carbocycles. The number of halogens is 1. The predicted molar refractivity (Wildman–Crippen MR) is 66.6 cm³/mol. The van der Waals surface area contributed by atoms with Crippen molar-refractivity contribution < 1.29 is 13.2 Å². The Bertz CT molecular complexity index is 266. The molecule has 1 atom stereocenters. The summed E-state index contributed by atoms with van der Waals surface area (Å²) in [6, 6.07) is 0.0466. The van der Waals surface area contributed by atoms with Gasteiger partial charge in [-0.25, -0.2) is 13.1 Å². The van der Waals surface area contributed by atoms with E-state index in [1.807, 2.05) is 6.92 Å². The van der Waals surface area contributed by atoms with Crippen molar-refractivity contribution in [2.24, 2.45) is 0 Å². The first-order valence-corrected chi connectivity index (χ1v) is 7.08. The van der Waals surface area contributed by atoms with Crippen molar-refractivity contribution in [3.8, 4) is 0 Å². The molecule has 0 aromatic carbocycles. The third kappa shape index (κ3) is 6.65. The summed E-state index contributed by atoms with van der Waals surface area (Å²) < 4.78 is 30.8. The molecule has 1 fully saturated rings. The van der Waals surface area contributed by atoms with Crippen LogP contribution in [0.5, 0.6) is 0 Å². The summed E-state index contributed by atoms with van der Waals surface area (Å²) in [7, 11) is -3.17. The summed E-state index contributed by atoms with van der Waals surface area (Å²) in [6.45, 7) is 4.39. The third-order valence-electron chi connectivity index (χ3n) is 2.34. The van der Waals surface area contributed by atoms with Gasteiger partial charge in [0, 0.05) is 19.2 Å². The molecule has 1 aliphatic heterocycles. The molecule has 0 unspecified atom stereocenters. The lowest BCUT2D eigenvalue weighted by atomic mass is 10.1. The van der Waals surface area contributed by atoms with Crippen LogP contribution in [0, 0.1) is 0 Å². The van der Waals surface area contributed by atoms with E-state index in [-0.39, 0.29) is 30.8 Å². The molecule has 0 spiro atoms. The van der Waals surface area contributed by atoms with Crippen LogP contribution in [0.4, 0.5) is 0 Å². The number of nitrogens with one attached hydrogen (secondary N) is 2. The third-order valence-corrected chi connectivity index (χ3v) is 3.74. The fraction of sp³-hybridized carbons (Fsp3) is 1.00. The average molecular weight is 273 g/mol. The molecule has 1 rings (SSSR count). The Balaban J connectivity index is 0.00000225. The van der Waals surface area contributed by atoms with Crippen LogP contribution < -0.4 is 10.0 Å². The van der Waals surface area contributed by atoms with E-state index < -0.39 is 10.0 Å². The van der Waals surface area contributed by atoms with Gasteiger partial charge in [-0.05, 0) is 26.3 Å². The van der Waals surface area contributed by atoms with Gasteiger partial charge in [-0.2, -0.15) is 0 Å². The number of piperidine rings is 1. The van der Waals surface area contributed by atoms with Gasteiger partial charge in [-0.1, -0.05) is 0 Å². The molecule has 0 radical (unpaired) electrons. The molecule has 0 aromatic heterocycles. The van der Waals surface area contributed by atoms with Crippen LogP contribution in [-0.2, 0) is 14.8 Å². The standard InChI is InChI=1S/C9H20N2O3S.ClH/c1-2-14-6-7-15(12,13)11-9-4-3-5-10-8-9;/h9-11H,2-8H2,1H3;1H/t9-;/m1./s1. The van der Waals surface area contributed by atoms with Gasteiger partial charge in [0.25, 0.3) is 0 Å². The van der Waals surface area contributed by atoms with Crippen molar-refractivity contribution in [3.05, 3.63) is 0 Å². The zero-order valence-corrected chi connectivity index (χ0v) is 11.2. The molecule has 0 saturated carbocycles. The van der Waals surface area contributed by atoms with Gasteiger partial charge in [-0.15, -0.1) is 12.4 Å². The molecule has 0 amide bonds. The zero-order chi connectivity index (χ0) is 11.1. The Morgan fingerprint density at radius 3 is 2.81 bits per heavy atom. The molecule has 1 aliphatic rings. The van der Waals surface area contributed by atoms with E-state index in [1.54, 1.807) is 0 Å². The number of sulfonamides is 1. The Kier molecular flexibility index (Phi) is 8.31. The largest absolute Gasteiger partial charge is 0.381 e. The molecule has 0 aromatic rings.